The van der Waals surface area contributed by atoms with Crippen LogP contribution in [0.4, 0.5) is 0 Å². The highest BCUT2D eigenvalue weighted by Crippen LogP contribution is 2.26. The van der Waals surface area contributed by atoms with E-state index >= 15 is 0 Å². The Hall–Kier alpha value is -0.900. The number of likely N-dealkylation sites (tertiary alicyclic amines) is 2. The number of Topliss-reactive ketones (excluding diaryl/α,β-unsaturated/α-hetero) is 1. The molecule has 2 saturated heterocycles. The maximum atomic E-state index is 12.2. The maximum absolute atomic E-state index is 12.2. The van der Waals surface area contributed by atoms with Gasteiger partial charge in [-0.1, -0.05) is 33.6 Å². The van der Waals surface area contributed by atoms with Gasteiger partial charge in [0.25, 0.3) is 0 Å². The van der Waals surface area contributed by atoms with Gasteiger partial charge in [-0.3, -0.25) is 9.59 Å². The van der Waals surface area contributed by atoms with E-state index in [1.165, 1.54) is 6.42 Å². The van der Waals surface area contributed by atoms with Crippen molar-refractivity contribution in [2.24, 2.45) is 11.8 Å². The molecule has 2 rings (SSSR count). The van der Waals surface area contributed by atoms with E-state index in [4.69, 9.17) is 0 Å². The summed E-state index contributed by atoms with van der Waals surface area (Å²) in [7, 11) is 0. The standard InChI is InChI=1S/C20H36N2O2/c1-4-5-6-7-19(23)22-14-10-18(11-15-22)21-12-8-17(9-13-21)20(24)16(2)3/h16-18H,4-15H2,1-3H3. The smallest absolute Gasteiger partial charge is 0.222 e. The van der Waals surface area contributed by atoms with Crippen LogP contribution in [0.2, 0.25) is 0 Å². The zero-order valence-corrected chi connectivity index (χ0v) is 15.9. The summed E-state index contributed by atoms with van der Waals surface area (Å²) in [5, 5.41) is 0. The Morgan fingerprint density at radius 1 is 0.958 bits per heavy atom. The fourth-order valence-corrected chi connectivity index (χ4v) is 4.19. The van der Waals surface area contributed by atoms with Crippen molar-refractivity contribution in [3.05, 3.63) is 0 Å². The minimum Gasteiger partial charge on any atom is -0.343 e. The molecule has 4 heteroatoms. The number of amides is 1. The highest BCUT2D eigenvalue weighted by molar-refractivity contribution is 5.82. The van der Waals surface area contributed by atoms with E-state index in [1.54, 1.807) is 0 Å². The summed E-state index contributed by atoms with van der Waals surface area (Å²) in [5.41, 5.74) is 0. The van der Waals surface area contributed by atoms with Crippen molar-refractivity contribution < 1.29 is 9.59 Å². The van der Waals surface area contributed by atoms with Crippen molar-refractivity contribution in [2.45, 2.75) is 78.2 Å². The Balaban J connectivity index is 1.70. The number of hydrogen-bond donors (Lipinski definition) is 0. The number of rotatable bonds is 7. The first kappa shape index (κ1) is 19.4. The van der Waals surface area contributed by atoms with E-state index < -0.39 is 0 Å². The molecule has 0 radical (unpaired) electrons. The average Bonchev–Trinajstić information content (AvgIpc) is 2.61. The molecule has 0 spiro atoms. The lowest BCUT2D eigenvalue weighted by Crippen LogP contribution is -2.49. The topological polar surface area (TPSA) is 40.6 Å². The summed E-state index contributed by atoms with van der Waals surface area (Å²) < 4.78 is 0. The first-order valence-electron chi connectivity index (χ1n) is 10.1. The van der Waals surface area contributed by atoms with Gasteiger partial charge in [-0.25, -0.2) is 0 Å². The molecule has 138 valence electrons. The van der Waals surface area contributed by atoms with Crippen LogP contribution in [0.3, 0.4) is 0 Å². The van der Waals surface area contributed by atoms with Gasteiger partial charge in [0.1, 0.15) is 5.78 Å². The molecule has 0 N–H and O–H groups in total. The molecule has 0 aromatic carbocycles. The van der Waals surface area contributed by atoms with Crippen molar-refractivity contribution in [3.63, 3.8) is 0 Å². The van der Waals surface area contributed by atoms with Crippen LogP contribution in [0, 0.1) is 11.8 Å². The molecule has 2 fully saturated rings. The second-order valence-electron chi connectivity index (χ2n) is 7.94. The minimum atomic E-state index is 0.170. The molecule has 2 aliphatic heterocycles. The molecular weight excluding hydrogens is 300 g/mol. The number of nitrogens with zero attached hydrogens (tertiary/aromatic N) is 2. The summed E-state index contributed by atoms with van der Waals surface area (Å²) in [6.45, 7) is 10.1. The normalized spacial score (nSPS) is 21.4. The molecule has 2 heterocycles. The zero-order valence-electron chi connectivity index (χ0n) is 15.9. The van der Waals surface area contributed by atoms with Crippen LogP contribution in [0.5, 0.6) is 0 Å². The van der Waals surface area contributed by atoms with Crippen molar-refractivity contribution in [1.82, 2.24) is 9.80 Å². The lowest BCUT2D eigenvalue weighted by atomic mass is 9.86. The van der Waals surface area contributed by atoms with Gasteiger partial charge in [0.2, 0.25) is 5.91 Å². The SMILES string of the molecule is CCCCCC(=O)N1CCC(N2CCC(C(=O)C(C)C)CC2)CC1. The Morgan fingerprint density at radius 2 is 1.58 bits per heavy atom. The van der Waals surface area contributed by atoms with E-state index in [1.807, 2.05) is 13.8 Å². The van der Waals surface area contributed by atoms with Gasteiger partial charge in [-0.2, -0.15) is 0 Å². The van der Waals surface area contributed by atoms with Crippen molar-refractivity contribution in [2.75, 3.05) is 26.2 Å². The second kappa shape index (κ2) is 9.55. The third kappa shape index (κ3) is 5.30. The lowest BCUT2D eigenvalue weighted by molar-refractivity contribution is -0.133. The van der Waals surface area contributed by atoms with Crippen LogP contribution in [-0.2, 0) is 9.59 Å². The fourth-order valence-electron chi connectivity index (χ4n) is 4.19. The van der Waals surface area contributed by atoms with E-state index in [0.717, 1.165) is 71.1 Å². The Morgan fingerprint density at radius 3 is 2.12 bits per heavy atom. The molecule has 0 atom stereocenters. The lowest BCUT2D eigenvalue weighted by Gasteiger charge is -2.41. The second-order valence-corrected chi connectivity index (χ2v) is 7.94. The quantitative estimate of drug-likeness (QED) is 0.668. The average molecular weight is 337 g/mol. The molecule has 0 saturated carbocycles. The van der Waals surface area contributed by atoms with Crippen molar-refractivity contribution in [1.29, 1.82) is 0 Å². The van der Waals surface area contributed by atoms with Crippen LogP contribution in [-0.4, -0.2) is 53.7 Å². The van der Waals surface area contributed by atoms with Gasteiger partial charge in [-0.05, 0) is 45.2 Å². The third-order valence-electron chi connectivity index (χ3n) is 5.83. The van der Waals surface area contributed by atoms with Gasteiger partial charge in [0.15, 0.2) is 0 Å². The molecular formula is C20H36N2O2. The first-order valence-corrected chi connectivity index (χ1v) is 10.1. The van der Waals surface area contributed by atoms with Crippen LogP contribution in [0.25, 0.3) is 0 Å². The van der Waals surface area contributed by atoms with Gasteiger partial charge in [-0.15, -0.1) is 0 Å². The number of ketones is 1. The van der Waals surface area contributed by atoms with Crippen LogP contribution >= 0.6 is 0 Å². The number of hydrogen-bond acceptors (Lipinski definition) is 3. The molecule has 0 aliphatic carbocycles. The molecule has 0 bridgehead atoms. The molecule has 24 heavy (non-hydrogen) atoms. The monoisotopic (exact) mass is 336 g/mol. The Labute approximate surface area is 148 Å². The number of carbonyl (C=O) groups is 2. The van der Waals surface area contributed by atoms with Crippen LogP contribution in [0.15, 0.2) is 0 Å². The van der Waals surface area contributed by atoms with Crippen molar-refractivity contribution >= 4 is 11.7 Å². The number of unbranched alkanes of at least 4 members (excludes halogenated alkanes) is 2. The number of carbonyl (C=O) groups excluding carboxylic acids is 2. The molecule has 0 aromatic heterocycles. The van der Waals surface area contributed by atoms with E-state index in [-0.39, 0.29) is 11.8 Å². The Kier molecular flexibility index (Phi) is 7.73. The molecule has 0 aromatic rings. The molecule has 2 aliphatic rings. The fraction of sp³-hybridized carbons (Fsp3) is 0.900. The van der Waals surface area contributed by atoms with Crippen LogP contribution in [0.1, 0.15) is 72.1 Å². The summed E-state index contributed by atoms with van der Waals surface area (Å²) in [4.78, 5) is 29.0. The van der Waals surface area contributed by atoms with Gasteiger partial charge < -0.3 is 9.80 Å². The minimum absolute atomic E-state index is 0.170. The summed E-state index contributed by atoms with van der Waals surface area (Å²) in [5.74, 6) is 1.25. The molecule has 4 nitrogen and oxygen atoms in total. The van der Waals surface area contributed by atoms with Crippen molar-refractivity contribution in [3.8, 4) is 0 Å². The van der Waals surface area contributed by atoms with E-state index in [0.29, 0.717) is 17.7 Å². The summed E-state index contributed by atoms with van der Waals surface area (Å²) >= 11 is 0. The summed E-state index contributed by atoms with van der Waals surface area (Å²) in [6.07, 6.45) is 8.33. The summed E-state index contributed by atoms with van der Waals surface area (Å²) in [6, 6.07) is 0.611. The molecule has 1 amide bonds. The first-order chi connectivity index (χ1) is 11.5. The van der Waals surface area contributed by atoms with Crippen LogP contribution < -0.4 is 0 Å². The highest BCUT2D eigenvalue weighted by atomic mass is 16.2. The maximum Gasteiger partial charge on any atom is 0.222 e. The Bertz CT molecular complexity index is 406. The zero-order chi connectivity index (χ0) is 17.5. The van der Waals surface area contributed by atoms with Gasteiger partial charge >= 0.3 is 0 Å². The van der Waals surface area contributed by atoms with E-state index in [9.17, 15) is 9.59 Å². The largest absolute Gasteiger partial charge is 0.343 e. The van der Waals surface area contributed by atoms with Gasteiger partial charge in [0.05, 0.1) is 0 Å². The highest BCUT2D eigenvalue weighted by Gasteiger charge is 2.31. The number of piperidine rings is 2. The predicted octanol–water partition coefficient (Wildman–Crippen LogP) is 3.49. The van der Waals surface area contributed by atoms with Gasteiger partial charge in [0, 0.05) is 37.4 Å². The third-order valence-corrected chi connectivity index (χ3v) is 5.83. The molecule has 0 unspecified atom stereocenters. The predicted molar refractivity (Wildman–Crippen MR) is 97.9 cm³/mol. The van der Waals surface area contributed by atoms with E-state index in [2.05, 4.69) is 16.7 Å².